The minimum Gasteiger partial charge on any atom is -0.346 e. The zero-order valence-electron chi connectivity index (χ0n) is 15.9. The largest absolute Gasteiger partial charge is 0.346 e. The van der Waals surface area contributed by atoms with Crippen LogP contribution >= 0.6 is 0 Å². The van der Waals surface area contributed by atoms with Crippen LogP contribution < -0.4 is 10.6 Å². The molecule has 1 heterocycles. The SMILES string of the molecule is Cc1ccc(S(=O)(=O)N2CCC[C@@H]2CNC(=O)C(=O)Nc2ccc(F)cc2)cc1. The number of carbonyl (C=O) groups excluding carboxylic acids is 2. The highest BCUT2D eigenvalue weighted by molar-refractivity contribution is 7.89. The van der Waals surface area contributed by atoms with E-state index in [1.54, 1.807) is 24.3 Å². The molecule has 0 aromatic heterocycles. The van der Waals surface area contributed by atoms with Crippen molar-refractivity contribution in [1.82, 2.24) is 9.62 Å². The molecule has 0 bridgehead atoms. The Labute approximate surface area is 169 Å². The second kappa shape index (κ2) is 8.71. The molecule has 1 atom stereocenters. The summed E-state index contributed by atoms with van der Waals surface area (Å²) in [5, 5.41) is 4.85. The lowest BCUT2D eigenvalue weighted by atomic mass is 10.2. The van der Waals surface area contributed by atoms with E-state index in [4.69, 9.17) is 0 Å². The Morgan fingerprint density at radius 2 is 1.72 bits per heavy atom. The summed E-state index contributed by atoms with van der Waals surface area (Å²) in [5.41, 5.74) is 1.25. The summed E-state index contributed by atoms with van der Waals surface area (Å²) in [5.74, 6) is -2.24. The number of nitrogens with one attached hydrogen (secondary N) is 2. The number of benzene rings is 2. The van der Waals surface area contributed by atoms with Gasteiger partial charge in [0.1, 0.15) is 5.82 Å². The molecule has 1 saturated heterocycles. The number of hydrogen-bond donors (Lipinski definition) is 2. The van der Waals surface area contributed by atoms with Crippen molar-refractivity contribution in [2.45, 2.75) is 30.7 Å². The zero-order chi connectivity index (χ0) is 21.0. The van der Waals surface area contributed by atoms with Crippen LogP contribution in [0.25, 0.3) is 0 Å². The molecular formula is C20H22FN3O4S. The molecule has 0 radical (unpaired) electrons. The van der Waals surface area contributed by atoms with Gasteiger partial charge in [0.05, 0.1) is 4.90 Å². The maximum Gasteiger partial charge on any atom is 0.313 e. The van der Waals surface area contributed by atoms with E-state index in [0.717, 1.165) is 5.56 Å². The Morgan fingerprint density at radius 3 is 2.38 bits per heavy atom. The number of aryl methyl sites for hydroxylation is 1. The molecule has 0 unspecified atom stereocenters. The van der Waals surface area contributed by atoms with Gasteiger partial charge in [0.15, 0.2) is 0 Å². The third-order valence-electron chi connectivity index (χ3n) is 4.76. The van der Waals surface area contributed by atoms with E-state index < -0.39 is 33.7 Å². The molecular weight excluding hydrogens is 397 g/mol. The normalized spacial score (nSPS) is 17.1. The van der Waals surface area contributed by atoms with Crippen LogP contribution in [0.4, 0.5) is 10.1 Å². The molecule has 9 heteroatoms. The average molecular weight is 419 g/mol. The van der Waals surface area contributed by atoms with Crippen molar-refractivity contribution in [1.29, 1.82) is 0 Å². The van der Waals surface area contributed by atoms with Gasteiger partial charge in [0.2, 0.25) is 10.0 Å². The van der Waals surface area contributed by atoms with E-state index in [1.807, 2.05) is 6.92 Å². The molecule has 0 saturated carbocycles. The molecule has 7 nitrogen and oxygen atoms in total. The van der Waals surface area contributed by atoms with Crippen LogP contribution in [0.5, 0.6) is 0 Å². The number of halogens is 1. The van der Waals surface area contributed by atoms with Crippen LogP contribution in [-0.2, 0) is 19.6 Å². The molecule has 154 valence electrons. The maximum atomic E-state index is 12.9. The first-order valence-corrected chi connectivity index (χ1v) is 10.6. The van der Waals surface area contributed by atoms with Gasteiger partial charge in [-0.2, -0.15) is 4.31 Å². The number of amides is 2. The van der Waals surface area contributed by atoms with Crippen molar-refractivity contribution in [3.63, 3.8) is 0 Å². The number of rotatable bonds is 5. The van der Waals surface area contributed by atoms with Gasteiger partial charge in [-0.3, -0.25) is 9.59 Å². The standard InChI is InChI=1S/C20H22FN3O4S/c1-14-4-10-18(11-5-14)29(27,28)24-12-2-3-17(24)13-22-19(25)20(26)23-16-8-6-15(21)7-9-16/h4-11,17H,2-3,12-13H2,1H3,(H,22,25)(H,23,26)/t17-/m1/s1. The van der Waals surface area contributed by atoms with Crippen LogP contribution in [0.1, 0.15) is 18.4 Å². The number of anilines is 1. The van der Waals surface area contributed by atoms with Crippen molar-refractivity contribution in [3.8, 4) is 0 Å². The van der Waals surface area contributed by atoms with Gasteiger partial charge in [-0.25, -0.2) is 12.8 Å². The summed E-state index contributed by atoms with van der Waals surface area (Å²) in [6.07, 6.45) is 1.26. The van der Waals surface area contributed by atoms with E-state index >= 15 is 0 Å². The average Bonchev–Trinajstić information content (AvgIpc) is 3.17. The van der Waals surface area contributed by atoms with Gasteiger partial charge in [0.25, 0.3) is 0 Å². The first-order chi connectivity index (χ1) is 13.8. The van der Waals surface area contributed by atoms with E-state index in [1.165, 1.54) is 28.6 Å². The highest BCUT2D eigenvalue weighted by Crippen LogP contribution is 2.26. The van der Waals surface area contributed by atoms with Crippen LogP contribution in [0, 0.1) is 12.7 Å². The smallest absolute Gasteiger partial charge is 0.313 e. The highest BCUT2D eigenvalue weighted by atomic mass is 32.2. The summed E-state index contributed by atoms with van der Waals surface area (Å²) in [7, 11) is -3.68. The van der Waals surface area contributed by atoms with Gasteiger partial charge in [-0.15, -0.1) is 0 Å². The van der Waals surface area contributed by atoms with Gasteiger partial charge in [-0.1, -0.05) is 17.7 Å². The highest BCUT2D eigenvalue weighted by Gasteiger charge is 2.35. The second-order valence-electron chi connectivity index (χ2n) is 6.90. The van der Waals surface area contributed by atoms with Gasteiger partial charge in [0, 0.05) is 24.8 Å². The Balaban J connectivity index is 1.60. The fourth-order valence-electron chi connectivity index (χ4n) is 3.19. The molecule has 1 fully saturated rings. The molecule has 2 N–H and O–H groups in total. The minimum absolute atomic E-state index is 0.0285. The summed E-state index contributed by atoms with van der Waals surface area (Å²) in [4.78, 5) is 24.3. The van der Waals surface area contributed by atoms with Crippen LogP contribution in [-0.4, -0.2) is 43.7 Å². The lowest BCUT2D eigenvalue weighted by Gasteiger charge is -2.24. The number of nitrogens with zero attached hydrogens (tertiary/aromatic N) is 1. The van der Waals surface area contributed by atoms with Crippen LogP contribution in [0.15, 0.2) is 53.4 Å². The Kier molecular flexibility index (Phi) is 6.29. The Morgan fingerprint density at radius 1 is 1.07 bits per heavy atom. The van der Waals surface area contributed by atoms with Crippen molar-refractivity contribution in [2.24, 2.45) is 0 Å². The molecule has 29 heavy (non-hydrogen) atoms. The molecule has 0 aliphatic carbocycles. The Hall–Kier alpha value is -2.78. The quantitative estimate of drug-likeness (QED) is 0.725. The monoisotopic (exact) mass is 419 g/mol. The lowest BCUT2D eigenvalue weighted by Crippen LogP contribution is -2.45. The topological polar surface area (TPSA) is 95.6 Å². The van der Waals surface area contributed by atoms with Crippen molar-refractivity contribution in [3.05, 3.63) is 59.9 Å². The van der Waals surface area contributed by atoms with E-state index in [0.29, 0.717) is 19.4 Å². The van der Waals surface area contributed by atoms with E-state index in [2.05, 4.69) is 10.6 Å². The Bertz CT molecular complexity index is 991. The van der Waals surface area contributed by atoms with Gasteiger partial charge >= 0.3 is 11.8 Å². The summed E-state index contributed by atoms with van der Waals surface area (Å²) < 4.78 is 40.1. The zero-order valence-corrected chi connectivity index (χ0v) is 16.7. The number of carbonyl (C=O) groups is 2. The van der Waals surface area contributed by atoms with Crippen molar-refractivity contribution < 1.29 is 22.4 Å². The third-order valence-corrected chi connectivity index (χ3v) is 6.72. The second-order valence-corrected chi connectivity index (χ2v) is 8.79. The maximum absolute atomic E-state index is 12.9. The first-order valence-electron chi connectivity index (χ1n) is 9.20. The van der Waals surface area contributed by atoms with E-state index in [-0.39, 0.29) is 17.1 Å². The van der Waals surface area contributed by atoms with Gasteiger partial charge < -0.3 is 10.6 Å². The van der Waals surface area contributed by atoms with Crippen LogP contribution in [0.3, 0.4) is 0 Å². The minimum atomic E-state index is -3.68. The fraction of sp³-hybridized carbons (Fsp3) is 0.300. The molecule has 2 aromatic carbocycles. The van der Waals surface area contributed by atoms with Gasteiger partial charge in [-0.05, 0) is 56.2 Å². The summed E-state index contributed by atoms with van der Waals surface area (Å²) in [6, 6.07) is 11.2. The molecule has 0 spiro atoms. The third kappa shape index (κ3) is 4.99. The predicted molar refractivity (Wildman–Crippen MR) is 106 cm³/mol. The van der Waals surface area contributed by atoms with Crippen LogP contribution in [0.2, 0.25) is 0 Å². The van der Waals surface area contributed by atoms with E-state index in [9.17, 15) is 22.4 Å². The molecule has 2 aromatic rings. The van der Waals surface area contributed by atoms with Crippen molar-refractivity contribution in [2.75, 3.05) is 18.4 Å². The molecule has 2 amide bonds. The molecule has 3 rings (SSSR count). The number of hydrogen-bond acceptors (Lipinski definition) is 4. The fourth-order valence-corrected chi connectivity index (χ4v) is 4.88. The predicted octanol–water partition coefficient (Wildman–Crippen LogP) is 2.04. The lowest BCUT2D eigenvalue weighted by molar-refractivity contribution is -0.136. The summed E-state index contributed by atoms with van der Waals surface area (Å²) in [6.45, 7) is 2.26. The first kappa shape index (κ1) is 20.9. The summed E-state index contributed by atoms with van der Waals surface area (Å²) >= 11 is 0. The van der Waals surface area contributed by atoms with Crippen molar-refractivity contribution >= 4 is 27.5 Å². The molecule has 1 aliphatic rings. The number of sulfonamides is 1. The molecule has 1 aliphatic heterocycles.